The van der Waals surface area contributed by atoms with E-state index < -0.39 is 11.6 Å². The Bertz CT molecular complexity index is 1280. The number of nitrogens with zero attached hydrogens (tertiary/aromatic N) is 3. The minimum Gasteiger partial charge on any atom is -0.496 e. The predicted octanol–water partition coefficient (Wildman–Crippen LogP) is 4.49. The molecule has 36 heavy (non-hydrogen) atoms. The fourth-order valence-corrected chi connectivity index (χ4v) is 4.62. The highest BCUT2D eigenvalue weighted by Crippen LogP contribution is 2.34. The molecule has 8 nitrogen and oxygen atoms in total. The number of amides is 2. The quantitative estimate of drug-likeness (QED) is 0.501. The zero-order valence-corrected chi connectivity index (χ0v) is 20.5. The number of ether oxygens (including phenoxy) is 1. The van der Waals surface area contributed by atoms with Gasteiger partial charge in [-0.3, -0.25) is 14.3 Å². The van der Waals surface area contributed by atoms with E-state index in [1.54, 1.807) is 10.7 Å². The molecule has 2 atom stereocenters. The number of aryl methyl sites for hydroxylation is 2. The number of anilines is 1. The smallest absolute Gasteiger partial charge is 0.269 e. The van der Waals surface area contributed by atoms with Crippen molar-refractivity contribution in [3.8, 4) is 16.9 Å². The van der Waals surface area contributed by atoms with E-state index >= 15 is 0 Å². The molecule has 1 aliphatic rings. The molecule has 2 N–H and O–H groups in total. The third-order valence-corrected chi connectivity index (χ3v) is 6.37. The van der Waals surface area contributed by atoms with E-state index in [1.807, 2.05) is 13.8 Å². The summed E-state index contributed by atoms with van der Waals surface area (Å²) in [4.78, 5) is 29.8. The van der Waals surface area contributed by atoms with Crippen LogP contribution in [0, 0.1) is 24.5 Å². The number of rotatable bonds is 7. The topological polar surface area (TPSA) is 98.1 Å². The number of nitrogens with one attached hydrogen (secondary N) is 2. The van der Waals surface area contributed by atoms with E-state index in [-0.39, 0.29) is 40.9 Å². The molecule has 10 heteroatoms. The summed E-state index contributed by atoms with van der Waals surface area (Å²) in [5.74, 6) is -1.58. The third kappa shape index (κ3) is 5.53. The summed E-state index contributed by atoms with van der Waals surface area (Å²) in [6.07, 6.45) is 3.72. The number of halogens is 2. The standard InChI is InChI=1S/C26H29F2N5O3/c1-4-33-22(10-15(2)32-33)26(35)30-18-7-5-6-16(11-18)25(34)31-24-13-20(21(28)14-29-24)19-9-8-17(27)12-23(19)36-3/h8-10,12-14,16,18H,4-7,11H2,1-3H3,(H,30,35)(H,29,31,34)/t16-,18+/m0/s1. The van der Waals surface area contributed by atoms with Crippen molar-refractivity contribution in [3.05, 3.63) is 59.6 Å². The lowest BCUT2D eigenvalue weighted by atomic mass is 9.85. The van der Waals surface area contributed by atoms with Crippen molar-refractivity contribution in [1.82, 2.24) is 20.1 Å². The normalized spacial score (nSPS) is 17.5. The average molecular weight is 498 g/mol. The van der Waals surface area contributed by atoms with Crippen LogP contribution in [0.3, 0.4) is 0 Å². The molecule has 2 heterocycles. The second-order valence-corrected chi connectivity index (χ2v) is 8.90. The van der Waals surface area contributed by atoms with Gasteiger partial charge in [-0.1, -0.05) is 6.42 Å². The molecule has 1 fully saturated rings. The second-order valence-electron chi connectivity index (χ2n) is 8.90. The van der Waals surface area contributed by atoms with Crippen LogP contribution < -0.4 is 15.4 Å². The van der Waals surface area contributed by atoms with Crippen LogP contribution in [0.5, 0.6) is 5.75 Å². The van der Waals surface area contributed by atoms with Gasteiger partial charge in [0.2, 0.25) is 5.91 Å². The number of hydrogen-bond donors (Lipinski definition) is 2. The van der Waals surface area contributed by atoms with Gasteiger partial charge >= 0.3 is 0 Å². The Kier molecular flexibility index (Phi) is 7.61. The highest BCUT2D eigenvalue weighted by molar-refractivity contribution is 5.94. The Morgan fingerprint density at radius 3 is 2.72 bits per heavy atom. The van der Waals surface area contributed by atoms with Gasteiger partial charge in [-0.25, -0.2) is 13.8 Å². The molecule has 2 amide bonds. The summed E-state index contributed by atoms with van der Waals surface area (Å²) in [6.45, 7) is 4.35. The molecule has 0 saturated heterocycles. The van der Waals surface area contributed by atoms with E-state index in [4.69, 9.17) is 4.74 Å². The van der Waals surface area contributed by atoms with Crippen LogP contribution in [0.15, 0.2) is 36.5 Å². The molecule has 1 saturated carbocycles. The van der Waals surface area contributed by atoms with E-state index in [9.17, 15) is 18.4 Å². The van der Waals surface area contributed by atoms with Crippen molar-refractivity contribution in [3.63, 3.8) is 0 Å². The molecule has 4 rings (SSSR count). The maximum absolute atomic E-state index is 14.6. The molecule has 0 aliphatic heterocycles. The number of hydrogen-bond acceptors (Lipinski definition) is 5. The van der Waals surface area contributed by atoms with Crippen molar-refractivity contribution in [1.29, 1.82) is 0 Å². The Hall–Kier alpha value is -3.82. The summed E-state index contributed by atoms with van der Waals surface area (Å²) in [7, 11) is 1.37. The van der Waals surface area contributed by atoms with E-state index in [0.29, 0.717) is 30.6 Å². The van der Waals surface area contributed by atoms with E-state index in [2.05, 4.69) is 20.7 Å². The van der Waals surface area contributed by atoms with Gasteiger partial charge in [0.1, 0.15) is 28.9 Å². The molecular weight excluding hydrogens is 468 g/mol. The maximum Gasteiger partial charge on any atom is 0.269 e. The minimum atomic E-state index is -0.625. The van der Waals surface area contributed by atoms with E-state index in [1.165, 1.54) is 31.4 Å². The summed E-state index contributed by atoms with van der Waals surface area (Å²) < 4.78 is 35.0. The zero-order chi connectivity index (χ0) is 25.8. The predicted molar refractivity (Wildman–Crippen MR) is 131 cm³/mol. The van der Waals surface area contributed by atoms with Crippen molar-refractivity contribution < 1.29 is 23.1 Å². The van der Waals surface area contributed by atoms with Crippen molar-refractivity contribution in [2.24, 2.45) is 5.92 Å². The number of benzene rings is 1. The number of carbonyl (C=O) groups excluding carboxylic acids is 2. The molecule has 1 aliphatic carbocycles. The fourth-order valence-electron chi connectivity index (χ4n) is 4.62. The number of pyridine rings is 1. The largest absolute Gasteiger partial charge is 0.496 e. The summed E-state index contributed by atoms with van der Waals surface area (Å²) in [5.41, 5.74) is 1.75. The Morgan fingerprint density at radius 1 is 1.17 bits per heavy atom. The maximum atomic E-state index is 14.6. The molecule has 1 aromatic carbocycles. The highest BCUT2D eigenvalue weighted by Gasteiger charge is 2.29. The number of methoxy groups -OCH3 is 1. The monoisotopic (exact) mass is 497 g/mol. The molecule has 190 valence electrons. The first-order valence-electron chi connectivity index (χ1n) is 11.9. The van der Waals surface area contributed by atoms with Gasteiger partial charge < -0.3 is 15.4 Å². The Balaban J connectivity index is 1.44. The van der Waals surface area contributed by atoms with Gasteiger partial charge in [0, 0.05) is 35.7 Å². The lowest BCUT2D eigenvalue weighted by Crippen LogP contribution is -2.41. The molecular formula is C26H29F2N5O3. The summed E-state index contributed by atoms with van der Waals surface area (Å²) in [6, 6.07) is 6.79. The number of carbonyl (C=O) groups is 2. The fraction of sp³-hybridized carbons (Fsp3) is 0.385. The van der Waals surface area contributed by atoms with Crippen LogP contribution >= 0.6 is 0 Å². The van der Waals surface area contributed by atoms with Crippen molar-refractivity contribution in [2.45, 2.75) is 52.1 Å². The molecule has 0 unspecified atom stereocenters. The zero-order valence-electron chi connectivity index (χ0n) is 20.5. The van der Waals surface area contributed by atoms with Gasteiger partial charge in [0.25, 0.3) is 5.91 Å². The van der Waals surface area contributed by atoms with Gasteiger partial charge in [0.15, 0.2) is 0 Å². The molecule has 3 aromatic rings. The lowest BCUT2D eigenvalue weighted by molar-refractivity contribution is -0.121. The van der Waals surface area contributed by atoms with Gasteiger partial charge in [-0.05, 0) is 57.4 Å². The van der Waals surface area contributed by atoms with Crippen LogP contribution in [0.4, 0.5) is 14.6 Å². The van der Waals surface area contributed by atoms with Gasteiger partial charge in [-0.15, -0.1) is 0 Å². The summed E-state index contributed by atoms with van der Waals surface area (Å²) in [5, 5.41) is 10.1. The van der Waals surface area contributed by atoms with Gasteiger partial charge in [0.05, 0.1) is 19.0 Å². The van der Waals surface area contributed by atoms with Gasteiger partial charge in [-0.2, -0.15) is 5.10 Å². The number of aromatic nitrogens is 3. The molecule has 0 radical (unpaired) electrons. The summed E-state index contributed by atoms with van der Waals surface area (Å²) >= 11 is 0. The second kappa shape index (κ2) is 10.8. The first kappa shape index (κ1) is 25.3. The third-order valence-electron chi connectivity index (χ3n) is 6.37. The first-order chi connectivity index (χ1) is 17.3. The minimum absolute atomic E-state index is 0.133. The van der Waals surface area contributed by atoms with Crippen LogP contribution in [-0.4, -0.2) is 39.7 Å². The van der Waals surface area contributed by atoms with Crippen LogP contribution in [0.1, 0.15) is 48.8 Å². The van der Waals surface area contributed by atoms with Crippen LogP contribution in [-0.2, 0) is 11.3 Å². The lowest BCUT2D eigenvalue weighted by Gasteiger charge is -2.29. The SMILES string of the molecule is CCn1nc(C)cc1C(=O)N[C@@H]1CCC[C@H](C(=O)Nc2cc(-c3ccc(F)cc3OC)c(F)cn2)C1. The first-order valence-corrected chi connectivity index (χ1v) is 11.9. The van der Waals surface area contributed by atoms with Crippen LogP contribution in [0.25, 0.3) is 11.1 Å². The average Bonchev–Trinajstić information content (AvgIpc) is 3.26. The molecule has 0 bridgehead atoms. The molecule has 0 spiro atoms. The highest BCUT2D eigenvalue weighted by atomic mass is 19.1. The van der Waals surface area contributed by atoms with E-state index in [0.717, 1.165) is 24.7 Å². The Labute approximate surface area is 208 Å². The van der Waals surface area contributed by atoms with Crippen molar-refractivity contribution >= 4 is 17.6 Å². The molecule has 2 aromatic heterocycles. The Morgan fingerprint density at radius 2 is 1.97 bits per heavy atom. The van der Waals surface area contributed by atoms with Crippen LogP contribution in [0.2, 0.25) is 0 Å². The van der Waals surface area contributed by atoms with Crippen molar-refractivity contribution in [2.75, 3.05) is 12.4 Å².